The number of aromatic nitrogens is 3. The standard InChI is InChI=1S/C47H29N3O/c1-3-13-30(14-4-1)33-19-11-20-34(27-33)45-48-46(50-47(49-45)39-24-12-18-31-17-7-8-21-36(31)39)35-25-26-43-41(28-35)42-29-40(32-15-5-2-6-16-32)37-22-9-10-23-38(37)44(42)51-43/h1-29H. The summed E-state index contributed by atoms with van der Waals surface area (Å²) >= 11 is 0. The molecule has 8 aromatic carbocycles. The zero-order valence-electron chi connectivity index (χ0n) is 27.5. The van der Waals surface area contributed by atoms with Crippen LogP contribution in [0, 0.1) is 0 Å². The van der Waals surface area contributed by atoms with E-state index < -0.39 is 0 Å². The lowest BCUT2D eigenvalue weighted by Gasteiger charge is -2.11. The van der Waals surface area contributed by atoms with Crippen molar-refractivity contribution in [3.05, 3.63) is 176 Å². The normalized spacial score (nSPS) is 11.5. The predicted molar refractivity (Wildman–Crippen MR) is 209 cm³/mol. The van der Waals surface area contributed by atoms with Crippen LogP contribution in [0.3, 0.4) is 0 Å². The second-order valence-electron chi connectivity index (χ2n) is 12.8. The van der Waals surface area contributed by atoms with Gasteiger partial charge in [-0.3, -0.25) is 0 Å². The summed E-state index contributed by atoms with van der Waals surface area (Å²) in [5.41, 5.74) is 9.07. The second kappa shape index (κ2) is 11.9. The van der Waals surface area contributed by atoms with Crippen LogP contribution in [0.1, 0.15) is 0 Å². The van der Waals surface area contributed by atoms with Crippen molar-refractivity contribution in [3.63, 3.8) is 0 Å². The molecule has 0 unspecified atom stereocenters. The van der Waals surface area contributed by atoms with Crippen molar-refractivity contribution >= 4 is 43.5 Å². The van der Waals surface area contributed by atoms with E-state index in [1.807, 2.05) is 12.1 Å². The van der Waals surface area contributed by atoms with Crippen LogP contribution in [0.5, 0.6) is 0 Å². The summed E-state index contributed by atoms with van der Waals surface area (Å²) in [5, 5.41) is 6.56. The quantitative estimate of drug-likeness (QED) is 0.186. The average molecular weight is 652 g/mol. The lowest BCUT2D eigenvalue weighted by Crippen LogP contribution is -2.00. The highest BCUT2D eigenvalue weighted by molar-refractivity contribution is 6.19. The minimum Gasteiger partial charge on any atom is -0.455 e. The van der Waals surface area contributed by atoms with E-state index in [-0.39, 0.29) is 0 Å². The van der Waals surface area contributed by atoms with Gasteiger partial charge in [0.05, 0.1) is 0 Å². The molecule has 238 valence electrons. The smallest absolute Gasteiger partial charge is 0.164 e. The zero-order chi connectivity index (χ0) is 33.7. The number of nitrogens with zero attached hydrogens (tertiary/aromatic N) is 3. The third-order valence-electron chi connectivity index (χ3n) is 9.71. The Morgan fingerprint density at radius 2 is 0.902 bits per heavy atom. The molecular formula is C47H29N3O. The summed E-state index contributed by atoms with van der Waals surface area (Å²) in [6.07, 6.45) is 0. The lowest BCUT2D eigenvalue weighted by atomic mass is 9.95. The monoisotopic (exact) mass is 651 g/mol. The summed E-state index contributed by atoms with van der Waals surface area (Å²) in [5.74, 6) is 1.86. The Kier molecular flexibility index (Phi) is 6.78. The van der Waals surface area contributed by atoms with E-state index in [0.29, 0.717) is 17.5 Å². The second-order valence-corrected chi connectivity index (χ2v) is 12.8. The predicted octanol–water partition coefficient (Wildman–Crippen LogP) is 12.4. The Morgan fingerprint density at radius 1 is 0.314 bits per heavy atom. The van der Waals surface area contributed by atoms with E-state index in [2.05, 4.69) is 164 Å². The molecule has 4 nitrogen and oxygen atoms in total. The van der Waals surface area contributed by atoms with E-state index >= 15 is 0 Å². The Morgan fingerprint density at radius 3 is 1.71 bits per heavy atom. The van der Waals surface area contributed by atoms with Gasteiger partial charge in [-0.05, 0) is 68.7 Å². The van der Waals surface area contributed by atoms with Gasteiger partial charge in [0.1, 0.15) is 11.2 Å². The summed E-state index contributed by atoms with van der Waals surface area (Å²) in [7, 11) is 0. The number of hydrogen-bond donors (Lipinski definition) is 0. The number of benzene rings is 8. The first kappa shape index (κ1) is 29.0. The van der Waals surface area contributed by atoms with Gasteiger partial charge in [0.15, 0.2) is 17.5 Å². The number of fused-ring (bicyclic) bond motifs is 6. The Hall–Kier alpha value is -6.91. The molecule has 0 bridgehead atoms. The zero-order valence-corrected chi connectivity index (χ0v) is 27.5. The Labute approximate surface area is 294 Å². The van der Waals surface area contributed by atoms with E-state index in [0.717, 1.165) is 71.3 Å². The maximum absolute atomic E-state index is 6.58. The highest BCUT2D eigenvalue weighted by atomic mass is 16.3. The van der Waals surface area contributed by atoms with Gasteiger partial charge in [-0.15, -0.1) is 0 Å². The Balaban J connectivity index is 1.20. The maximum Gasteiger partial charge on any atom is 0.164 e. The highest BCUT2D eigenvalue weighted by Crippen LogP contribution is 2.41. The summed E-state index contributed by atoms with van der Waals surface area (Å²) in [4.78, 5) is 15.4. The molecule has 2 heterocycles. The van der Waals surface area contributed by atoms with Gasteiger partial charge >= 0.3 is 0 Å². The van der Waals surface area contributed by atoms with Gasteiger partial charge in [-0.1, -0.05) is 146 Å². The molecule has 0 saturated carbocycles. The van der Waals surface area contributed by atoms with E-state index in [4.69, 9.17) is 19.4 Å². The minimum absolute atomic E-state index is 0.605. The summed E-state index contributed by atoms with van der Waals surface area (Å²) in [6, 6.07) is 61.0. The largest absolute Gasteiger partial charge is 0.455 e. The molecule has 0 saturated heterocycles. The van der Waals surface area contributed by atoms with Gasteiger partial charge in [0, 0.05) is 32.8 Å². The molecule has 0 aliphatic rings. The van der Waals surface area contributed by atoms with Gasteiger partial charge in [-0.25, -0.2) is 15.0 Å². The van der Waals surface area contributed by atoms with Crippen molar-refractivity contribution < 1.29 is 4.42 Å². The lowest BCUT2D eigenvalue weighted by molar-refractivity contribution is 0.672. The third-order valence-corrected chi connectivity index (χ3v) is 9.71. The van der Waals surface area contributed by atoms with Crippen molar-refractivity contribution in [3.8, 4) is 56.4 Å². The van der Waals surface area contributed by atoms with E-state index in [9.17, 15) is 0 Å². The molecule has 51 heavy (non-hydrogen) atoms. The van der Waals surface area contributed by atoms with Crippen molar-refractivity contribution in [2.75, 3.05) is 0 Å². The average Bonchev–Trinajstić information content (AvgIpc) is 3.59. The van der Waals surface area contributed by atoms with Crippen LogP contribution in [0.15, 0.2) is 180 Å². The van der Waals surface area contributed by atoms with Gasteiger partial charge in [0.25, 0.3) is 0 Å². The molecule has 0 amide bonds. The highest BCUT2D eigenvalue weighted by Gasteiger charge is 2.18. The van der Waals surface area contributed by atoms with Gasteiger partial charge < -0.3 is 4.42 Å². The number of rotatable bonds is 5. The molecule has 0 fully saturated rings. The van der Waals surface area contributed by atoms with Gasteiger partial charge in [-0.2, -0.15) is 0 Å². The van der Waals surface area contributed by atoms with Crippen LogP contribution in [0.2, 0.25) is 0 Å². The van der Waals surface area contributed by atoms with Crippen molar-refractivity contribution in [2.45, 2.75) is 0 Å². The van der Waals surface area contributed by atoms with Crippen molar-refractivity contribution in [2.24, 2.45) is 0 Å². The number of hydrogen-bond acceptors (Lipinski definition) is 4. The molecule has 0 radical (unpaired) electrons. The minimum atomic E-state index is 0.605. The van der Waals surface area contributed by atoms with Crippen LogP contribution < -0.4 is 0 Å². The van der Waals surface area contributed by atoms with Crippen LogP contribution in [-0.2, 0) is 0 Å². The fourth-order valence-corrected chi connectivity index (χ4v) is 7.24. The molecule has 2 aromatic heterocycles. The molecule has 4 heteroatoms. The van der Waals surface area contributed by atoms with E-state index in [1.54, 1.807) is 0 Å². The fraction of sp³-hybridized carbons (Fsp3) is 0. The molecule has 0 aliphatic carbocycles. The van der Waals surface area contributed by atoms with Crippen LogP contribution in [-0.4, -0.2) is 15.0 Å². The van der Waals surface area contributed by atoms with Crippen molar-refractivity contribution in [1.29, 1.82) is 0 Å². The molecule has 10 rings (SSSR count). The molecule has 10 aromatic rings. The first-order valence-corrected chi connectivity index (χ1v) is 17.1. The fourth-order valence-electron chi connectivity index (χ4n) is 7.24. The molecule has 0 N–H and O–H groups in total. The summed E-state index contributed by atoms with van der Waals surface area (Å²) in [6.45, 7) is 0. The van der Waals surface area contributed by atoms with Crippen LogP contribution >= 0.6 is 0 Å². The molecule has 0 aliphatic heterocycles. The van der Waals surface area contributed by atoms with Crippen LogP contribution in [0.4, 0.5) is 0 Å². The Bertz CT molecular complexity index is 2910. The summed E-state index contributed by atoms with van der Waals surface area (Å²) < 4.78 is 6.58. The first-order valence-electron chi connectivity index (χ1n) is 17.1. The molecule has 0 atom stereocenters. The number of furan rings is 1. The van der Waals surface area contributed by atoms with E-state index in [1.165, 1.54) is 11.1 Å². The first-order chi connectivity index (χ1) is 25.3. The maximum atomic E-state index is 6.58. The topological polar surface area (TPSA) is 51.8 Å². The molecule has 0 spiro atoms. The van der Waals surface area contributed by atoms with Crippen molar-refractivity contribution in [1.82, 2.24) is 15.0 Å². The molecular weight excluding hydrogens is 623 g/mol. The third kappa shape index (κ3) is 5.04. The SMILES string of the molecule is c1ccc(-c2cccc(-c3nc(-c4ccc5oc6c7ccccc7c(-c7ccccc7)cc6c5c4)nc(-c4cccc5ccccc45)n3)c2)cc1. The van der Waals surface area contributed by atoms with Gasteiger partial charge in [0.2, 0.25) is 0 Å². The van der Waals surface area contributed by atoms with Crippen LogP contribution in [0.25, 0.3) is 99.9 Å².